The van der Waals surface area contributed by atoms with Gasteiger partial charge in [-0.05, 0) is 67.4 Å². The Hall–Kier alpha value is -6.47. The molecule has 0 bridgehead atoms. The van der Waals surface area contributed by atoms with Crippen LogP contribution in [-0.4, -0.2) is 126 Å². The van der Waals surface area contributed by atoms with E-state index in [2.05, 4.69) is 23.1 Å². The van der Waals surface area contributed by atoms with Gasteiger partial charge in [-0.3, -0.25) is 18.8 Å². The number of anilines is 2. The summed E-state index contributed by atoms with van der Waals surface area (Å²) in [5.41, 5.74) is -3.98. The number of rotatable bonds is 9. The second-order valence-electron chi connectivity index (χ2n) is 19.1. The van der Waals surface area contributed by atoms with Gasteiger partial charge in [0.05, 0.1) is 41.4 Å². The molecule has 1 amide bonds. The Morgan fingerprint density at radius 3 is 1.66 bits per heavy atom. The SMILES string of the molecule is C=CC(=O)N1CCN(c2nc(=O)n3c4c(c(-c5ccc(F)cc5)c(C(F)(F)F)cc24)SCC(OC(=C)C(O)N2[C@H](C)CN(c4nc(=O)n5c6c(c(-c7ccc(F)cc7)c(C(F)(F)F)cc46)SCC(O)C5)C[C@@H]2C)C3)CC1. The van der Waals surface area contributed by atoms with Gasteiger partial charge in [-0.2, -0.15) is 36.3 Å². The highest BCUT2D eigenvalue weighted by Crippen LogP contribution is 2.50. The van der Waals surface area contributed by atoms with E-state index in [0.717, 1.165) is 70.6 Å². The summed E-state index contributed by atoms with van der Waals surface area (Å²) in [7, 11) is 0. The zero-order valence-electron chi connectivity index (χ0n) is 40.7. The van der Waals surface area contributed by atoms with Gasteiger partial charge in [-0.25, -0.2) is 18.4 Å². The maximum Gasteiger partial charge on any atom is 0.417 e. The van der Waals surface area contributed by atoms with Gasteiger partial charge in [-0.1, -0.05) is 37.4 Å². The van der Waals surface area contributed by atoms with Crippen molar-refractivity contribution < 1.29 is 54.9 Å². The number of carbonyl (C=O) groups excluding carboxylic acids is 1. The minimum Gasteiger partial charge on any atom is -0.488 e. The minimum absolute atomic E-state index is 0.00616. The summed E-state index contributed by atoms with van der Waals surface area (Å²) in [5, 5.41) is 22.9. The zero-order chi connectivity index (χ0) is 54.3. The fraction of sp³-hybridized carbons (Fsp3) is 0.365. The fourth-order valence-corrected chi connectivity index (χ4v) is 13.2. The Morgan fingerprint density at radius 1 is 0.724 bits per heavy atom. The van der Waals surface area contributed by atoms with Crippen LogP contribution in [0.5, 0.6) is 0 Å². The summed E-state index contributed by atoms with van der Waals surface area (Å²) in [6.45, 7) is 11.2. The van der Waals surface area contributed by atoms with Crippen molar-refractivity contribution in [2.45, 2.75) is 79.6 Å². The number of piperazine rings is 2. The van der Waals surface area contributed by atoms with E-state index in [0.29, 0.717) is 0 Å². The van der Waals surface area contributed by atoms with Gasteiger partial charge in [0.25, 0.3) is 0 Å². The number of hydrogen-bond acceptors (Lipinski definition) is 13. The molecule has 76 heavy (non-hydrogen) atoms. The highest BCUT2D eigenvalue weighted by Gasteiger charge is 2.43. The van der Waals surface area contributed by atoms with Crippen molar-refractivity contribution in [2.24, 2.45) is 0 Å². The van der Waals surface area contributed by atoms with Crippen LogP contribution in [0.3, 0.4) is 0 Å². The molecule has 10 rings (SSSR count). The van der Waals surface area contributed by atoms with Crippen molar-refractivity contribution in [1.29, 1.82) is 0 Å². The number of carbonyl (C=O) groups is 1. The third-order valence-electron chi connectivity index (χ3n) is 14.1. The lowest BCUT2D eigenvalue weighted by atomic mass is 9.96. The molecule has 6 aromatic rings. The van der Waals surface area contributed by atoms with Crippen molar-refractivity contribution in [3.8, 4) is 22.3 Å². The lowest BCUT2D eigenvalue weighted by Crippen LogP contribution is -2.61. The molecule has 0 saturated carbocycles. The summed E-state index contributed by atoms with van der Waals surface area (Å²) < 4.78 is 129. The molecule has 4 aliphatic rings. The Balaban J connectivity index is 0.964. The predicted molar refractivity (Wildman–Crippen MR) is 272 cm³/mol. The molecule has 4 aliphatic heterocycles. The van der Waals surface area contributed by atoms with Crippen LogP contribution in [0, 0.1) is 11.6 Å². The number of hydrogen-bond donors (Lipinski definition) is 2. The van der Waals surface area contributed by atoms with Gasteiger partial charge in [0, 0.05) is 94.5 Å². The number of aromatic nitrogens is 4. The molecule has 6 heterocycles. The first-order chi connectivity index (χ1) is 36.0. The molecule has 5 atom stereocenters. The third-order valence-corrected chi connectivity index (χ3v) is 16.6. The van der Waals surface area contributed by atoms with E-state index in [4.69, 9.17) is 4.74 Å². The van der Waals surface area contributed by atoms with E-state index in [1.807, 2.05) is 0 Å². The molecule has 2 aromatic heterocycles. The molecule has 2 saturated heterocycles. The third kappa shape index (κ3) is 9.70. The van der Waals surface area contributed by atoms with Crippen molar-refractivity contribution in [1.82, 2.24) is 28.9 Å². The summed E-state index contributed by atoms with van der Waals surface area (Å²) in [6.07, 6.45) is -12.4. The lowest BCUT2D eigenvalue weighted by molar-refractivity contribution is -0.137. The first-order valence-electron chi connectivity index (χ1n) is 24.1. The van der Waals surface area contributed by atoms with Crippen molar-refractivity contribution >= 4 is 62.9 Å². The van der Waals surface area contributed by atoms with Gasteiger partial charge < -0.3 is 29.6 Å². The van der Waals surface area contributed by atoms with E-state index in [9.17, 15) is 33.4 Å². The van der Waals surface area contributed by atoms with E-state index < -0.39 is 77.0 Å². The molecule has 2 N–H and O–H groups in total. The quantitative estimate of drug-likeness (QED) is 0.0820. The summed E-state index contributed by atoms with van der Waals surface area (Å²) in [6, 6.07) is 9.64. The number of ether oxygens (including phenoxy) is 1. The summed E-state index contributed by atoms with van der Waals surface area (Å²) >= 11 is 1.92. The Morgan fingerprint density at radius 2 is 1.18 bits per heavy atom. The van der Waals surface area contributed by atoms with Crippen LogP contribution in [0.15, 0.2) is 105 Å². The smallest absolute Gasteiger partial charge is 0.417 e. The molecule has 0 spiro atoms. The van der Waals surface area contributed by atoms with Crippen LogP contribution >= 0.6 is 23.5 Å². The molecular weight excluding hydrogens is 1050 g/mol. The maximum atomic E-state index is 15.3. The van der Waals surface area contributed by atoms with Crippen LogP contribution in [0.2, 0.25) is 0 Å². The van der Waals surface area contributed by atoms with Crippen molar-refractivity contribution in [3.63, 3.8) is 0 Å². The second-order valence-corrected chi connectivity index (χ2v) is 21.2. The number of aliphatic hydroxyl groups excluding tert-OH is 2. The fourth-order valence-electron chi connectivity index (χ4n) is 10.8. The zero-order valence-corrected chi connectivity index (χ0v) is 42.3. The summed E-state index contributed by atoms with van der Waals surface area (Å²) in [5.74, 6) is -2.05. The van der Waals surface area contributed by atoms with E-state index in [-0.39, 0.29) is 141 Å². The van der Waals surface area contributed by atoms with E-state index >= 15 is 26.3 Å². The largest absolute Gasteiger partial charge is 0.488 e. The second kappa shape index (κ2) is 20.2. The standard InChI is InChI=1S/C52H48F8N8O6S2/c1-5-39(70)63-14-16-64(17-15-63)46-35-18-37(51(55,56)57)41(30-8-12-32(54)13-9-30)45-43(35)67(50(73)61-46)23-34(25-76-45)74-28(4)48(71)68-26(2)20-65(21-27(68)3)47-36-19-38(52(58,59)60)40(29-6-10-31(53)11-7-29)44-42(36)66(49(72)62-47)22-33(69)24-75-44/h5-13,18-19,26-27,33-34,48,69,71H,1,4,14-17,20-25H2,2-3H3/t26-,27+,33?,34?,48?. The minimum atomic E-state index is -4.94. The van der Waals surface area contributed by atoms with Crippen molar-refractivity contribution in [2.75, 3.05) is 60.6 Å². The van der Waals surface area contributed by atoms with Crippen LogP contribution in [-0.2, 0) is 35.0 Å². The van der Waals surface area contributed by atoms with Gasteiger partial charge in [0.1, 0.15) is 35.1 Å². The van der Waals surface area contributed by atoms with E-state index in [1.165, 1.54) is 33.7 Å². The van der Waals surface area contributed by atoms with Gasteiger partial charge in [-0.15, -0.1) is 23.5 Å². The number of alkyl halides is 6. The molecule has 4 aromatic carbocycles. The molecule has 0 aliphatic carbocycles. The van der Waals surface area contributed by atoms with Crippen LogP contribution < -0.4 is 21.2 Å². The maximum absolute atomic E-state index is 15.3. The van der Waals surface area contributed by atoms with Crippen LogP contribution in [0.4, 0.5) is 46.8 Å². The number of halogens is 8. The van der Waals surface area contributed by atoms with Crippen LogP contribution in [0.25, 0.3) is 44.1 Å². The van der Waals surface area contributed by atoms with Gasteiger partial charge in [0.2, 0.25) is 5.91 Å². The number of benzene rings is 4. The van der Waals surface area contributed by atoms with Gasteiger partial charge >= 0.3 is 23.7 Å². The monoisotopic (exact) mass is 1100 g/mol. The topological polar surface area (TPSA) is 150 Å². The Labute approximate surface area is 436 Å². The molecule has 3 unspecified atom stereocenters. The average molecular weight is 1100 g/mol. The Kier molecular flexibility index (Phi) is 14.0. The first-order valence-corrected chi connectivity index (χ1v) is 26.0. The predicted octanol–water partition coefficient (Wildman–Crippen LogP) is 7.98. The van der Waals surface area contributed by atoms with Crippen LogP contribution in [0.1, 0.15) is 25.0 Å². The number of amides is 1. The normalized spacial score (nSPS) is 20.9. The van der Waals surface area contributed by atoms with Crippen molar-refractivity contribution in [3.05, 3.63) is 129 Å². The molecule has 14 nitrogen and oxygen atoms in total. The lowest BCUT2D eigenvalue weighted by Gasteiger charge is -2.47. The molecule has 400 valence electrons. The number of aliphatic hydroxyl groups is 2. The highest BCUT2D eigenvalue weighted by atomic mass is 32.2. The average Bonchev–Trinajstić information content (AvgIpc) is 3.68. The number of nitrogens with zero attached hydrogens (tertiary/aromatic N) is 8. The first kappa shape index (κ1) is 52.9. The number of thioether (sulfide) groups is 2. The highest BCUT2D eigenvalue weighted by molar-refractivity contribution is 8.00. The molecular formula is C52H48F8N8O6S2. The van der Waals surface area contributed by atoms with E-state index in [1.54, 1.807) is 28.5 Å². The molecule has 24 heteroatoms. The molecule has 0 radical (unpaired) electrons. The molecule has 2 fully saturated rings. The Bertz CT molecular complexity index is 3430. The summed E-state index contributed by atoms with van der Waals surface area (Å²) in [4.78, 5) is 55.8. The van der Waals surface area contributed by atoms with Gasteiger partial charge in [0.15, 0.2) is 6.23 Å².